The first-order valence-electron chi connectivity index (χ1n) is 17.6. The van der Waals surface area contributed by atoms with E-state index in [9.17, 15) is 24.0 Å². The van der Waals surface area contributed by atoms with E-state index in [1.807, 2.05) is 0 Å². The molecule has 0 aromatic heterocycles. The van der Waals surface area contributed by atoms with Crippen molar-refractivity contribution in [3.05, 3.63) is 0 Å². The molecule has 1 atom stereocenters. The van der Waals surface area contributed by atoms with Gasteiger partial charge in [-0.1, -0.05) is 117 Å². The van der Waals surface area contributed by atoms with Crippen molar-refractivity contribution in [2.75, 3.05) is 13.7 Å². The Hall–Kier alpha value is -3.05. The van der Waals surface area contributed by atoms with Crippen molar-refractivity contribution in [2.24, 2.45) is 0 Å². The number of hydrogen-bond acceptors (Lipinski definition) is 6. The summed E-state index contributed by atoms with van der Waals surface area (Å²) in [6.45, 7) is 4.73. The van der Waals surface area contributed by atoms with Gasteiger partial charge in [0, 0.05) is 19.4 Å². The Morgan fingerprint density at radius 1 is 0.511 bits per heavy atom. The summed E-state index contributed by atoms with van der Waals surface area (Å²) in [5.74, 6) is -1.11. The number of nitrogens with one attached hydrogen (secondary N) is 6. The van der Waals surface area contributed by atoms with Crippen LogP contribution in [0.4, 0.5) is 9.59 Å². The Bertz CT molecular complexity index is 798. The molecule has 6 amide bonds. The van der Waals surface area contributed by atoms with E-state index in [1.165, 1.54) is 84.2 Å². The van der Waals surface area contributed by atoms with Crippen LogP contribution in [0.2, 0.25) is 0 Å². The molecular weight excluding hydrogens is 576 g/mol. The summed E-state index contributed by atoms with van der Waals surface area (Å²) in [7, 11) is 1.23. The van der Waals surface area contributed by atoms with Crippen molar-refractivity contribution >= 4 is 29.8 Å². The van der Waals surface area contributed by atoms with E-state index < -0.39 is 24.1 Å². The van der Waals surface area contributed by atoms with Gasteiger partial charge in [-0.05, 0) is 32.1 Å². The molecular formula is C33H64N6O6. The van der Waals surface area contributed by atoms with Crippen LogP contribution in [0.3, 0.4) is 0 Å². The number of unbranched alkanes of at least 4 members (excludes halogenated alkanes) is 17. The maximum atomic E-state index is 12.2. The van der Waals surface area contributed by atoms with E-state index in [1.54, 1.807) is 0 Å². The number of methoxy groups -OCH3 is 1. The molecule has 0 saturated carbocycles. The first kappa shape index (κ1) is 42.0. The average Bonchev–Trinajstić information content (AvgIpc) is 3.03. The first-order valence-corrected chi connectivity index (χ1v) is 17.6. The molecule has 12 heteroatoms. The number of carbonyl (C=O) groups is 5. The molecule has 12 nitrogen and oxygen atoms in total. The fourth-order valence-electron chi connectivity index (χ4n) is 4.88. The molecule has 0 spiro atoms. The van der Waals surface area contributed by atoms with Crippen LogP contribution in [0.5, 0.6) is 0 Å². The third kappa shape index (κ3) is 28.2. The molecule has 0 unspecified atom stereocenters. The van der Waals surface area contributed by atoms with E-state index >= 15 is 0 Å². The van der Waals surface area contributed by atoms with Crippen LogP contribution in [0.15, 0.2) is 0 Å². The van der Waals surface area contributed by atoms with Gasteiger partial charge in [-0.2, -0.15) is 0 Å². The minimum absolute atomic E-state index is 0.224. The van der Waals surface area contributed by atoms with Crippen molar-refractivity contribution in [2.45, 2.75) is 168 Å². The number of rotatable bonds is 27. The van der Waals surface area contributed by atoms with Gasteiger partial charge in [-0.25, -0.2) is 25.2 Å². The van der Waals surface area contributed by atoms with Gasteiger partial charge < -0.3 is 15.4 Å². The number of esters is 1. The Morgan fingerprint density at radius 2 is 0.933 bits per heavy atom. The van der Waals surface area contributed by atoms with E-state index in [2.05, 4.69) is 46.2 Å². The van der Waals surface area contributed by atoms with Crippen molar-refractivity contribution in [1.82, 2.24) is 32.3 Å². The van der Waals surface area contributed by atoms with E-state index in [0.717, 1.165) is 38.5 Å². The molecule has 0 aliphatic heterocycles. The second kappa shape index (κ2) is 31.0. The SMILES string of the molecule is CCCCCCCCCCCC(=O)NNC(=O)NCCCC[C@H](NC(=O)NNC(=O)CCCCCCCCCCC)C(=O)OC. The lowest BCUT2D eigenvalue weighted by atomic mass is 10.1. The third-order valence-electron chi connectivity index (χ3n) is 7.64. The zero-order valence-corrected chi connectivity index (χ0v) is 28.5. The lowest BCUT2D eigenvalue weighted by molar-refractivity contribution is -0.143. The van der Waals surface area contributed by atoms with Crippen LogP contribution >= 0.6 is 0 Å². The maximum Gasteiger partial charge on any atom is 0.334 e. The lowest BCUT2D eigenvalue weighted by Crippen LogP contribution is -2.52. The number of amides is 6. The Labute approximate surface area is 272 Å². The molecule has 262 valence electrons. The minimum Gasteiger partial charge on any atom is -0.467 e. The summed E-state index contributed by atoms with van der Waals surface area (Å²) in [5, 5.41) is 5.16. The highest BCUT2D eigenvalue weighted by molar-refractivity contribution is 5.85. The van der Waals surface area contributed by atoms with Gasteiger partial charge in [-0.3, -0.25) is 20.4 Å². The Balaban J connectivity index is 3.94. The normalized spacial score (nSPS) is 11.3. The standard InChI is InChI=1S/C33H64N6O6/c1-4-6-8-10-12-14-16-18-20-25-29(40)36-38-32(43)34-27-23-22-24-28(31(42)45-3)35-33(44)39-37-30(41)26-21-19-17-15-13-11-9-7-5-2/h28H,4-27H2,1-3H3,(H,36,40)(H,37,41)(H2,34,38,43)(H2,35,39,44)/t28-/m0/s1. The van der Waals surface area contributed by atoms with E-state index in [0.29, 0.717) is 32.2 Å². The van der Waals surface area contributed by atoms with Crippen molar-refractivity contribution in [3.63, 3.8) is 0 Å². The van der Waals surface area contributed by atoms with Crippen LogP contribution in [-0.4, -0.2) is 49.5 Å². The molecule has 45 heavy (non-hydrogen) atoms. The minimum atomic E-state index is -0.904. The van der Waals surface area contributed by atoms with E-state index in [4.69, 9.17) is 4.74 Å². The molecule has 0 fully saturated rings. The number of ether oxygens (including phenoxy) is 1. The largest absolute Gasteiger partial charge is 0.467 e. The second-order valence-electron chi connectivity index (χ2n) is 11.8. The van der Waals surface area contributed by atoms with Gasteiger partial charge in [0.1, 0.15) is 6.04 Å². The van der Waals surface area contributed by atoms with Crippen LogP contribution in [0.25, 0.3) is 0 Å². The van der Waals surface area contributed by atoms with Crippen molar-refractivity contribution < 1.29 is 28.7 Å². The maximum absolute atomic E-state index is 12.2. The van der Waals surface area contributed by atoms with Gasteiger partial charge >= 0.3 is 18.0 Å². The molecule has 0 bridgehead atoms. The average molecular weight is 641 g/mol. The summed E-state index contributed by atoms with van der Waals surface area (Å²) in [6, 6.07) is -2.13. The highest BCUT2D eigenvalue weighted by atomic mass is 16.5. The van der Waals surface area contributed by atoms with Crippen LogP contribution < -0.4 is 32.3 Å². The van der Waals surface area contributed by atoms with Crippen molar-refractivity contribution in [3.8, 4) is 0 Å². The summed E-state index contributed by atoms with van der Waals surface area (Å²) in [5.41, 5.74) is 9.41. The summed E-state index contributed by atoms with van der Waals surface area (Å²) < 4.78 is 4.78. The van der Waals surface area contributed by atoms with Crippen molar-refractivity contribution in [1.29, 1.82) is 0 Å². The molecule has 0 aromatic rings. The van der Waals surface area contributed by atoms with E-state index in [-0.39, 0.29) is 18.2 Å². The zero-order valence-electron chi connectivity index (χ0n) is 28.5. The molecule has 0 radical (unpaired) electrons. The molecule has 0 aliphatic rings. The third-order valence-corrected chi connectivity index (χ3v) is 7.64. The van der Waals surface area contributed by atoms with Gasteiger partial charge in [0.25, 0.3) is 0 Å². The quantitative estimate of drug-likeness (QED) is 0.0355. The number of carbonyl (C=O) groups excluding carboxylic acids is 5. The topological polar surface area (TPSA) is 167 Å². The van der Waals surface area contributed by atoms with Gasteiger partial charge in [0.15, 0.2) is 0 Å². The molecule has 0 aromatic carbocycles. The number of hydrazine groups is 2. The highest BCUT2D eigenvalue weighted by Gasteiger charge is 2.21. The summed E-state index contributed by atoms with van der Waals surface area (Å²) in [6.07, 6.45) is 22.9. The first-order chi connectivity index (χ1) is 21.8. The van der Waals surface area contributed by atoms with Crippen LogP contribution in [0, 0.1) is 0 Å². The van der Waals surface area contributed by atoms with Gasteiger partial charge in [-0.15, -0.1) is 0 Å². The lowest BCUT2D eigenvalue weighted by Gasteiger charge is -2.17. The molecule has 0 rings (SSSR count). The molecule has 0 saturated heterocycles. The number of urea groups is 2. The molecule has 0 aliphatic carbocycles. The fourth-order valence-corrected chi connectivity index (χ4v) is 4.88. The molecule has 0 heterocycles. The smallest absolute Gasteiger partial charge is 0.334 e. The highest BCUT2D eigenvalue weighted by Crippen LogP contribution is 2.11. The fraction of sp³-hybridized carbons (Fsp3) is 0.848. The van der Waals surface area contributed by atoms with Crippen LogP contribution in [-0.2, 0) is 19.1 Å². The number of hydrogen-bond donors (Lipinski definition) is 6. The zero-order chi connectivity index (χ0) is 33.4. The molecule has 6 N–H and O–H groups in total. The van der Waals surface area contributed by atoms with Crippen LogP contribution in [0.1, 0.15) is 162 Å². The summed E-state index contributed by atoms with van der Waals surface area (Å²) >= 11 is 0. The monoisotopic (exact) mass is 640 g/mol. The summed E-state index contributed by atoms with van der Waals surface area (Å²) in [4.78, 5) is 60.2. The van der Waals surface area contributed by atoms with Gasteiger partial charge in [0.2, 0.25) is 11.8 Å². The Morgan fingerprint density at radius 3 is 1.38 bits per heavy atom. The predicted octanol–water partition coefficient (Wildman–Crippen LogP) is 6.20. The second-order valence-corrected chi connectivity index (χ2v) is 11.8. The Kier molecular flexibility index (Phi) is 28.9. The van der Waals surface area contributed by atoms with Gasteiger partial charge in [0.05, 0.1) is 7.11 Å². The predicted molar refractivity (Wildman–Crippen MR) is 178 cm³/mol.